The zero-order valence-corrected chi connectivity index (χ0v) is 16.4. The van der Waals surface area contributed by atoms with E-state index in [0.717, 1.165) is 22.6 Å². The van der Waals surface area contributed by atoms with E-state index in [-0.39, 0.29) is 6.04 Å². The number of urea groups is 1. The van der Waals surface area contributed by atoms with Crippen molar-refractivity contribution in [3.8, 4) is 0 Å². The molecule has 0 N–H and O–H groups in total. The van der Waals surface area contributed by atoms with Crippen molar-refractivity contribution in [1.29, 1.82) is 0 Å². The molecule has 0 aliphatic carbocycles. The van der Waals surface area contributed by atoms with Gasteiger partial charge in [0, 0.05) is 18.9 Å². The number of nitrogens with zero attached hydrogens (tertiary/aromatic N) is 2. The number of amides is 3. The van der Waals surface area contributed by atoms with Crippen LogP contribution in [0.2, 0.25) is 0 Å². The first-order valence-electron chi connectivity index (χ1n) is 9.24. The van der Waals surface area contributed by atoms with Crippen LogP contribution in [0.5, 0.6) is 0 Å². The third-order valence-electron chi connectivity index (χ3n) is 5.38. The standard InChI is InChI=1S/C22H24F2N2O2/c1-14(16-8-6-5-7-9-16)25-13-22(3,4)20(26(15(2)27)21(25)28)17-10-11-18(23)19(24)12-17/h5-12,14,20H,13H2,1-4H3/t14-,20?/m1/s1. The molecule has 3 rings (SSSR count). The second-order valence-electron chi connectivity index (χ2n) is 7.95. The summed E-state index contributed by atoms with van der Waals surface area (Å²) in [7, 11) is 0. The number of carbonyl (C=O) groups excluding carboxylic acids is 2. The predicted molar refractivity (Wildman–Crippen MR) is 102 cm³/mol. The van der Waals surface area contributed by atoms with Crippen LogP contribution in [0.4, 0.5) is 13.6 Å². The highest BCUT2D eigenvalue weighted by Crippen LogP contribution is 2.45. The monoisotopic (exact) mass is 386 g/mol. The van der Waals surface area contributed by atoms with Gasteiger partial charge in [0.15, 0.2) is 11.6 Å². The van der Waals surface area contributed by atoms with Crippen LogP contribution in [0.25, 0.3) is 0 Å². The van der Waals surface area contributed by atoms with Crippen molar-refractivity contribution < 1.29 is 18.4 Å². The van der Waals surface area contributed by atoms with E-state index in [1.807, 2.05) is 51.1 Å². The van der Waals surface area contributed by atoms with Crippen LogP contribution in [-0.2, 0) is 4.79 Å². The Hall–Kier alpha value is -2.76. The average molecular weight is 386 g/mol. The summed E-state index contributed by atoms with van der Waals surface area (Å²) in [4.78, 5) is 28.5. The summed E-state index contributed by atoms with van der Waals surface area (Å²) in [6, 6.07) is 11.8. The second-order valence-corrected chi connectivity index (χ2v) is 7.95. The molecule has 2 atom stereocenters. The van der Waals surface area contributed by atoms with Gasteiger partial charge in [-0.1, -0.05) is 50.2 Å². The summed E-state index contributed by atoms with van der Waals surface area (Å²) in [5.74, 6) is -2.39. The first-order valence-corrected chi connectivity index (χ1v) is 9.24. The summed E-state index contributed by atoms with van der Waals surface area (Å²) in [5, 5.41) is 0. The quantitative estimate of drug-likeness (QED) is 0.738. The van der Waals surface area contributed by atoms with E-state index in [0.29, 0.717) is 12.1 Å². The van der Waals surface area contributed by atoms with Crippen LogP contribution in [0.15, 0.2) is 48.5 Å². The van der Waals surface area contributed by atoms with Gasteiger partial charge in [-0.3, -0.25) is 9.69 Å². The molecule has 0 radical (unpaired) electrons. The molecule has 6 heteroatoms. The van der Waals surface area contributed by atoms with Crippen LogP contribution in [0.1, 0.15) is 50.9 Å². The summed E-state index contributed by atoms with van der Waals surface area (Å²) in [6.45, 7) is 7.45. The Balaban J connectivity index is 2.04. The number of carbonyl (C=O) groups is 2. The maximum atomic E-state index is 13.9. The Kier molecular flexibility index (Phi) is 5.24. The van der Waals surface area contributed by atoms with Crippen molar-refractivity contribution in [2.45, 2.75) is 39.8 Å². The molecule has 1 saturated heterocycles. The van der Waals surface area contributed by atoms with Crippen molar-refractivity contribution in [3.05, 3.63) is 71.3 Å². The topological polar surface area (TPSA) is 40.6 Å². The largest absolute Gasteiger partial charge is 0.327 e. The Bertz CT molecular complexity index is 899. The summed E-state index contributed by atoms with van der Waals surface area (Å²) in [5.41, 5.74) is 0.785. The van der Waals surface area contributed by atoms with Crippen LogP contribution in [0, 0.1) is 17.0 Å². The van der Waals surface area contributed by atoms with Crippen molar-refractivity contribution in [2.75, 3.05) is 6.54 Å². The van der Waals surface area contributed by atoms with Crippen molar-refractivity contribution >= 4 is 11.9 Å². The van der Waals surface area contributed by atoms with Gasteiger partial charge in [-0.05, 0) is 30.2 Å². The molecular formula is C22H24F2N2O2. The Labute approximate surface area is 163 Å². The first kappa shape index (κ1) is 20.0. The highest BCUT2D eigenvalue weighted by atomic mass is 19.2. The highest BCUT2D eigenvalue weighted by molar-refractivity contribution is 5.94. The molecule has 3 amide bonds. The third kappa shape index (κ3) is 3.51. The molecule has 2 aromatic rings. The zero-order chi connectivity index (χ0) is 20.6. The van der Waals surface area contributed by atoms with Gasteiger partial charge in [0.25, 0.3) is 0 Å². The lowest BCUT2D eigenvalue weighted by atomic mass is 9.76. The van der Waals surface area contributed by atoms with Crippen LogP contribution >= 0.6 is 0 Å². The molecule has 4 nitrogen and oxygen atoms in total. The molecule has 0 aromatic heterocycles. The van der Waals surface area contributed by atoms with E-state index >= 15 is 0 Å². The van der Waals surface area contributed by atoms with Gasteiger partial charge in [-0.2, -0.15) is 0 Å². The smallest absolute Gasteiger partial charge is 0.317 e. The normalized spacial score (nSPS) is 20.2. The van der Waals surface area contributed by atoms with Gasteiger partial charge in [-0.25, -0.2) is 13.6 Å². The van der Waals surface area contributed by atoms with Gasteiger partial charge >= 0.3 is 6.03 Å². The maximum Gasteiger partial charge on any atom is 0.327 e. The zero-order valence-electron chi connectivity index (χ0n) is 16.4. The minimum absolute atomic E-state index is 0.235. The molecule has 1 aliphatic heterocycles. The van der Waals surface area contributed by atoms with Gasteiger partial charge in [0.05, 0.1) is 12.1 Å². The Morgan fingerprint density at radius 2 is 1.75 bits per heavy atom. The van der Waals surface area contributed by atoms with Crippen LogP contribution < -0.4 is 0 Å². The molecule has 0 spiro atoms. The first-order chi connectivity index (χ1) is 13.1. The lowest BCUT2D eigenvalue weighted by molar-refractivity contribution is -0.133. The number of imide groups is 1. The number of hydrogen-bond donors (Lipinski definition) is 0. The lowest BCUT2D eigenvalue weighted by Crippen LogP contribution is -2.60. The minimum Gasteiger partial charge on any atom is -0.317 e. The van der Waals surface area contributed by atoms with Gasteiger partial charge in [-0.15, -0.1) is 0 Å². The Morgan fingerprint density at radius 3 is 2.32 bits per heavy atom. The number of halogens is 2. The fourth-order valence-corrected chi connectivity index (χ4v) is 4.00. The van der Waals surface area contributed by atoms with E-state index in [2.05, 4.69) is 0 Å². The molecular weight excluding hydrogens is 362 g/mol. The van der Waals surface area contributed by atoms with E-state index in [1.165, 1.54) is 13.0 Å². The highest BCUT2D eigenvalue weighted by Gasteiger charge is 2.49. The lowest BCUT2D eigenvalue weighted by Gasteiger charge is -2.51. The predicted octanol–water partition coefficient (Wildman–Crippen LogP) is 5.08. The van der Waals surface area contributed by atoms with E-state index < -0.39 is 35.0 Å². The van der Waals surface area contributed by atoms with Crippen molar-refractivity contribution in [2.24, 2.45) is 5.41 Å². The fraction of sp³-hybridized carbons (Fsp3) is 0.364. The Morgan fingerprint density at radius 1 is 1.11 bits per heavy atom. The van der Waals surface area contributed by atoms with E-state index in [9.17, 15) is 18.4 Å². The van der Waals surface area contributed by atoms with Crippen LogP contribution in [-0.4, -0.2) is 28.3 Å². The maximum absolute atomic E-state index is 13.9. The molecule has 0 bridgehead atoms. The number of rotatable bonds is 3. The van der Waals surface area contributed by atoms with Crippen LogP contribution in [0.3, 0.4) is 0 Å². The molecule has 0 saturated carbocycles. The average Bonchev–Trinajstić information content (AvgIpc) is 2.65. The molecule has 28 heavy (non-hydrogen) atoms. The molecule has 1 unspecified atom stereocenters. The summed E-state index contributed by atoms with van der Waals surface area (Å²) < 4.78 is 27.3. The second kappa shape index (κ2) is 7.34. The number of benzene rings is 2. The molecule has 1 heterocycles. The van der Waals surface area contributed by atoms with Gasteiger partial charge in [0.1, 0.15) is 0 Å². The van der Waals surface area contributed by atoms with E-state index in [4.69, 9.17) is 0 Å². The molecule has 1 fully saturated rings. The van der Waals surface area contributed by atoms with Gasteiger partial charge in [0.2, 0.25) is 5.91 Å². The minimum atomic E-state index is -0.996. The molecule has 1 aliphatic rings. The SMILES string of the molecule is CC(=O)N1C(=O)N([C@H](C)c2ccccc2)CC(C)(C)C1c1ccc(F)c(F)c1. The summed E-state index contributed by atoms with van der Waals surface area (Å²) in [6.07, 6.45) is 0. The fourth-order valence-electron chi connectivity index (χ4n) is 4.00. The van der Waals surface area contributed by atoms with E-state index in [1.54, 1.807) is 4.90 Å². The molecule has 2 aromatic carbocycles. The third-order valence-corrected chi connectivity index (χ3v) is 5.38. The van der Waals surface area contributed by atoms with Gasteiger partial charge < -0.3 is 4.90 Å². The number of hydrogen-bond acceptors (Lipinski definition) is 2. The summed E-state index contributed by atoms with van der Waals surface area (Å²) >= 11 is 0. The van der Waals surface area contributed by atoms with Crippen molar-refractivity contribution in [1.82, 2.24) is 9.80 Å². The van der Waals surface area contributed by atoms with Crippen molar-refractivity contribution in [3.63, 3.8) is 0 Å². The molecule has 148 valence electrons.